The van der Waals surface area contributed by atoms with Crippen molar-refractivity contribution in [1.29, 1.82) is 0 Å². The summed E-state index contributed by atoms with van der Waals surface area (Å²) in [5.74, 6) is 3.02. The fourth-order valence-corrected chi connectivity index (χ4v) is 7.34. The third-order valence-electron chi connectivity index (χ3n) is 7.44. The Morgan fingerprint density at radius 2 is 2.06 bits per heavy atom. The molecule has 2 aliphatic carbocycles. The summed E-state index contributed by atoms with van der Waals surface area (Å²) in [7, 11) is 0. The number of nitrogens with one attached hydrogen (secondary N) is 1. The Balaban J connectivity index is 1.74. The summed E-state index contributed by atoms with van der Waals surface area (Å²) in [6, 6.07) is 0.878. The van der Waals surface area contributed by atoms with Crippen LogP contribution in [0.5, 0.6) is 0 Å². The Hall–Kier alpha value is -0.0800. The summed E-state index contributed by atoms with van der Waals surface area (Å²) in [6.07, 6.45) is 10.5. The van der Waals surface area contributed by atoms with Crippen molar-refractivity contribution in [3.63, 3.8) is 0 Å². The van der Waals surface area contributed by atoms with Crippen LogP contribution in [0.2, 0.25) is 0 Å². The normalized spacial score (nSPS) is 64.8. The standard InChI is InChI=1S/C16H26N2/c1-11-8-12-9-14-13-4-2-6-18-7-3-5-15(12,13)16(18,10-11)17-14/h11-14,17H,2-10H2,1H3. The average molecular weight is 246 g/mol. The third kappa shape index (κ3) is 0.924. The summed E-state index contributed by atoms with van der Waals surface area (Å²) in [6.45, 7) is 5.25. The van der Waals surface area contributed by atoms with Crippen molar-refractivity contribution >= 4 is 0 Å². The molecule has 2 heteroatoms. The lowest BCUT2D eigenvalue weighted by atomic mass is 9.53. The highest BCUT2D eigenvalue weighted by molar-refractivity contribution is 5.27. The van der Waals surface area contributed by atoms with Gasteiger partial charge in [-0.25, -0.2) is 0 Å². The molecule has 1 N–H and O–H groups in total. The van der Waals surface area contributed by atoms with Gasteiger partial charge in [0.25, 0.3) is 0 Å². The zero-order valence-corrected chi connectivity index (χ0v) is 11.6. The molecule has 0 aromatic carbocycles. The first-order chi connectivity index (χ1) is 8.76. The quantitative estimate of drug-likeness (QED) is 0.707. The molecule has 3 aliphatic heterocycles. The molecule has 0 aromatic rings. The van der Waals surface area contributed by atoms with E-state index >= 15 is 0 Å². The smallest absolute Gasteiger partial charge is 0.0781 e. The molecule has 3 saturated heterocycles. The zero-order valence-electron chi connectivity index (χ0n) is 11.6. The number of rotatable bonds is 0. The minimum Gasteiger partial charge on any atom is -0.296 e. The predicted molar refractivity (Wildman–Crippen MR) is 72.1 cm³/mol. The molecule has 5 rings (SSSR count). The monoisotopic (exact) mass is 246 g/mol. The van der Waals surface area contributed by atoms with Gasteiger partial charge in [-0.05, 0) is 75.8 Å². The molecule has 5 fully saturated rings. The van der Waals surface area contributed by atoms with Crippen molar-refractivity contribution in [3.8, 4) is 0 Å². The number of hydrogen-bond acceptors (Lipinski definition) is 2. The van der Waals surface area contributed by atoms with E-state index in [4.69, 9.17) is 0 Å². The summed E-state index contributed by atoms with van der Waals surface area (Å²) in [5.41, 5.74) is 1.14. The lowest BCUT2D eigenvalue weighted by Gasteiger charge is -2.63. The van der Waals surface area contributed by atoms with Crippen molar-refractivity contribution in [2.24, 2.45) is 23.2 Å². The van der Waals surface area contributed by atoms with Crippen LogP contribution in [-0.4, -0.2) is 29.7 Å². The first-order valence-electron chi connectivity index (χ1n) is 8.29. The Bertz CT molecular complexity index is 391. The predicted octanol–water partition coefficient (Wildman–Crippen LogP) is 2.60. The maximum atomic E-state index is 4.19. The fourth-order valence-electron chi connectivity index (χ4n) is 7.34. The highest BCUT2D eigenvalue weighted by atomic mass is 15.4. The molecule has 3 heterocycles. The molecule has 5 bridgehead atoms. The fraction of sp³-hybridized carbons (Fsp3) is 1.00. The van der Waals surface area contributed by atoms with E-state index in [0.29, 0.717) is 11.1 Å². The van der Waals surface area contributed by atoms with Gasteiger partial charge in [0.05, 0.1) is 5.66 Å². The molecule has 100 valence electrons. The number of hydrogen-bond donors (Lipinski definition) is 1. The van der Waals surface area contributed by atoms with Gasteiger partial charge in [-0.1, -0.05) is 6.92 Å². The summed E-state index contributed by atoms with van der Waals surface area (Å²) in [5, 5.41) is 4.19. The molecule has 2 saturated carbocycles. The third-order valence-corrected chi connectivity index (χ3v) is 7.44. The Morgan fingerprint density at radius 3 is 3.00 bits per heavy atom. The molecular formula is C16H26N2. The van der Waals surface area contributed by atoms with Gasteiger partial charge in [-0.15, -0.1) is 0 Å². The molecule has 0 amide bonds. The van der Waals surface area contributed by atoms with Crippen molar-refractivity contribution < 1.29 is 0 Å². The first kappa shape index (κ1) is 10.7. The van der Waals surface area contributed by atoms with E-state index in [9.17, 15) is 0 Å². The van der Waals surface area contributed by atoms with Crippen molar-refractivity contribution in [1.82, 2.24) is 10.2 Å². The van der Waals surface area contributed by atoms with Crippen LogP contribution in [0, 0.1) is 23.2 Å². The number of piperidine rings is 2. The van der Waals surface area contributed by atoms with E-state index in [2.05, 4.69) is 17.1 Å². The van der Waals surface area contributed by atoms with Gasteiger partial charge >= 0.3 is 0 Å². The van der Waals surface area contributed by atoms with Crippen LogP contribution in [0.1, 0.15) is 51.9 Å². The summed E-state index contributed by atoms with van der Waals surface area (Å²) in [4.78, 5) is 2.90. The second-order valence-corrected chi connectivity index (χ2v) is 7.97. The minimum absolute atomic E-state index is 0.442. The number of nitrogens with zero attached hydrogens (tertiary/aromatic N) is 1. The Morgan fingerprint density at radius 1 is 1.17 bits per heavy atom. The van der Waals surface area contributed by atoms with Crippen LogP contribution in [0.25, 0.3) is 0 Å². The molecule has 7 unspecified atom stereocenters. The summed E-state index contributed by atoms with van der Waals surface area (Å²) >= 11 is 0. The van der Waals surface area contributed by atoms with Crippen molar-refractivity contribution in [2.75, 3.05) is 13.1 Å². The largest absolute Gasteiger partial charge is 0.296 e. The molecular weight excluding hydrogens is 220 g/mol. The molecule has 0 radical (unpaired) electrons. The maximum absolute atomic E-state index is 4.19. The van der Waals surface area contributed by atoms with Crippen LogP contribution >= 0.6 is 0 Å². The van der Waals surface area contributed by atoms with Gasteiger partial charge in [-0.3, -0.25) is 10.2 Å². The average Bonchev–Trinajstić information content (AvgIpc) is 2.72. The van der Waals surface area contributed by atoms with E-state index in [1.54, 1.807) is 0 Å². The second kappa shape index (κ2) is 3.15. The minimum atomic E-state index is 0.442. The van der Waals surface area contributed by atoms with Gasteiger partial charge < -0.3 is 0 Å². The van der Waals surface area contributed by atoms with Gasteiger partial charge in [-0.2, -0.15) is 0 Å². The van der Waals surface area contributed by atoms with Gasteiger partial charge in [0, 0.05) is 11.5 Å². The van der Waals surface area contributed by atoms with Crippen LogP contribution in [-0.2, 0) is 0 Å². The highest BCUT2D eigenvalue weighted by Gasteiger charge is 2.75. The Kier molecular flexibility index (Phi) is 1.87. The van der Waals surface area contributed by atoms with Crippen LogP contribution in [0.15, 0.2) is 0 Å². The highest BCUT2D eigenvalue weighted by Crippen LogP contribution is 2.71. The van der Waals surface area contributed by atoms with Crippen LogP contribution < -0.4 is 5.32 Å². The maximum Gasteiger partial charge on any atom is 0.0781 e. The van der Waals surface area contributed by atoms with E-state index in [1.807, 2.05) is 0 Å². The first-order valence-corrected chi connectivity index (χ1v) is 8.29. The Labute approximate surface area is 110 Å². The van der Waals surface area contributed by atoms with Gasteiger partial charge in [0.15, 0.2) is 0 Å². The van der Waals surface area contributed by atoms with E-state index in [1.165, 1.54) is 58.0 Å². The topological polar surface area (TPSA) is 15.3 Å². The molecule has 2 nitrogen and oxygen atoms in total. The van der Waals surface area contributed by atoms with Crippen LogP contribution in [0.4, 0.5) is 0 Å². The lowest BCUT2D eigenvalue weighted by molar-refractivity contribution is -0.149. The van der Waals surface area contributed by atoms with Gasteiger partial charge in [0.2, 0.25) is 0 Å². The van der Waals surface area contributed by atoms with Crippen molar-refractivity contribution in [2.45, 2.75) is 63.6 Å². The van der Waals surface area contributed by atoms with Crippen LogP contribution in [0.3, 0.4) is 0 Å². The zero-order chi connectivity index (χ0) is 12.0. The van der Waals surface area contributed by atoms with Crippen molar-refractivity contribution in [3.05, 3.63) is 0 Å². The SMILES string of the molecule is CC1CC2CC3NC4(C1)N1CCCC3C24CCC1. The molecule has 18 heavy (non-hydrogen) atoms. The molecule has 5 aliphatic rings. The second-order valence-electron chi connectivity index (χ2n) is 7.97. The van der Waals surface area contributed by atoms with E-state index in [-0.39, 0.29) is 0 Å². The lowest BCUT2D eigenvalue weighted by Crippen LogP contribution is -2.72. The molecule has 0 aromatic heterocycles. The van der Waals surface area contributed by atoms with E-state index in [0.717, 1.165) is 23.8 Å². The van der Waals surface area contributed by atoms with Gasteiger partial charge in [0.1, 0.15) is 0 Å². The molecule has 7 atom stereocenters. The summed E-state index contributed by atoms with van der Waals surface area (Å²) < 4.78 is 0. The molecule has 1 spiro atoms. The van der Waals surface area contributed by atoms with E-state index < -0.39 is 0 Å².